The average Bonchev–Trinajstić information content (AvgIpc) is 3.56. The maximum atomic E-state index is 13.3. The first-order valence-corrected chi connectivity index (χ1v) is 12.1. The summed E-state index contributed by atoms with van der Waals surface area (Å²) >= 11 is 0. The minimum atomic E-state index is -0.0181. The number of hydrogen-bond donors (Lipinski definition) is 3. The molecular weight excluding hydrogens is 436 g/mol. The first-order valence-electron chi connectivity index (χ1n) is 12.1. The van der Waals surface area contributed by atoms with Crippen LogP contribution in [0.25, 0.3) is 22.4 Å². The summed E-state index contributed by atoms with van der Waals surface area (Å²) in [5.41, 5.74) is 7.77. The Morgan fingerprint density at radius 2 is 1.77 bits per heavy atom. The molecule has 3 N–H and O–H groups in total. The van der Waals surface area contributed by atoms with Crippen molar-refractivity contribution in [2.75, 3.05) is 19.6 Å². The number of aromatic amines is 1. The number of nitrogens with one attached hydrogen (secondary N) is 3. The Hall–Kier alpha value is -3.97. The Bertz CT molecular complexity index is 1320. The Kier molecular flexibility index (Phi) is 5.76. The molecule has 2 aromatic heterocycles. The molecule has 2 aliphatic rings. The summed E-state index contributed by atoms with van der Waals surface area (Å²) in [6.45, 7) is 2.83. The number of urea groups is 1. The quantitative estimate of drug-likeness (QED) is 0.427. The fourth-order valence-electron chi connectivity index (χ4n) is 5.23. The van der Waals surface area contributed by atoms with Gasteiger partial charge in [0.15, 0.2) is 0 Å². The lowest BCUT2D eigenvalue weighted by Crippen LogP contribution is -2.48. The third-order valence-corrected chi connectivity index (χ3v) is 7.12. The molecule has 4 heterocycles. The summed E-state index contributed by atoms with van der Waals surface area (Å²) in [5.74, 6) is 0.226. The van der Waals surface area contributed by atoms with Crippen LogP contribution in [0.15, 0.2) is 79.1 Å². The van der Waals surface area contributed by atoms with Crippen molar-refractivity contribution in [3.63, 3.8) is 0 Å². The molecule has 35 heavy (non-hydrogen) atoms. The van der Waals surface area contributed by atoms with Crippen molar-refractivity contribution >= 4 is 6.03 Å². The monoisotopic (exact) mass is 464 g/mol. The lowest BCUT2D eigenvalue weighted by molar-refractivity contribution is 0.188. The third-order valence-electron chi connectivity index (χ3n) is 7.12. The van der Waals surface area contributed by atoms with E-state index in [4.69, 9.17) is 0 Å². The maximum Gasteiger partial charge on any atom is 0.317 e. The molecule has 2 atom stereocenters. The number of aromatic nitrogens is 3. The van der Waals surface area contributed by atoms with E-state index in [9.17, 15) is 4.79 Å². The van der Waals surface area contributed by atoms with Gasteiger partial charge in [-0.25, -0.2) is 4.79 Å². The highest BCUT2D eigenvalue weighted by atomic mass is 16.2. The molecule has 0 saturated carbocycles. The lowest BCUT2D eigenvalue weighted by Gasteiger charge is -2.30. The second-order valence-electron chi connectivity index (χ2n) is 9.25. The maximum absolute atomic E-state index is 13.3. The van der Waals surface area contributed by atoms with Gasteiger partial charge in [-0.1, -0.05) is 54.6 Å². The zero-order chi connectivity index (χ0) is 23.6. The van der Waals surface area contributed by atoms with Crippen molar-refractivity contribution in [2.45, 2.75) is 24.9 Å². The first kappa shape index (κ1) is 21.6. The number of carbonyl (C=O) groups is 1. The second-order valence-corrected chi connectivity index (χ2v) is 9.25. The van der Waals surface area contributed by atoms with Crippen molar-refractivity contribution in [2.24, 2.45) is 0 Å². The zero-order valence-corrected chi connectivity index (χ0v) is 19.4. The summed E-state index contributed by atoms with van der Waals surface area (Å²) in [5, 5.41) is 14.5. The standard InChI is InChI=1S/C28H28N6O/c35-28(34-14-11-25-24(18-34)27(33-32-25)20-9-12-29-13-10-20)31-26-17-30-16-23(26)22-8-4-7-21(15-22)19-5-2-1-3-6-19/h1-10,12-13,15,23,26,30H,11,14,16-18H2,(H,31,35)(H,32,33). The third kappa shape index (κ3) is 4.31. The van der Waals surface area contributed by atoms with Crippen LogP contribution < -0.4 is 10.6 Å². The minimum absolute atomic E-state index is 0.0181. The molecule has 0 radical (unpaired) electrons. The number of benzene rings is 2. The van der Waals surface area contributed by atoms with Crippen LogP contribution in [-0.2, 0) is 13.0 Å². The van der Waals surface area contributed by atoms with E-state index in [0.29, 0.717) is 13.1 Å². The number of carbonyl (C=O) groups excluding carboxylic acids is 1. The molecule has 0 spiro atoms. The Balaban J connectivity index is 1.17. The van der Waals surface area contributed by atoms with E-state index in [1.165, 1.54) is 16.7 Å². The fourth-order valence-corrected chi connectivity index (χ4v) is 5.23. The molecule has 4 aromatic rings. The van der Waals surface area contributed by atoms with E-state index < -0.39 is 0 Å². The fraction of sp³-hybridized carbons (Fsp3) is 0.250. The molecule has 1 fully saturated rings. The number of nitrogens with zero attached hydrogens (tertiary/aromatic N) is 3. The van der Waals surface area contributed by atoms with Crippen molar-refractivity contribution in [1.82, 2.24) is 30.7 Å². The Morgan fingerprint density at radius 3 is 2.63 bits per heavy atom. The van der Waals surface area contributed by atoms with E-state index in [-0.39, 0.29) is 18.0 Å². The second kappa shape index (κ2) is 9.35. The molecule has 1 saturated heterocycles. The molecule has 7 nitrogen and oxygen atoms in total. The van der Waals surface area contributed by atoms with Crippen molar-refractivity contribution in [1.29, 1.82) is 0 Å². The van der Waals surface area contributed by atoms with Crippen LogP contribution in [0.4, 0.5) is 4.79 Å². The van der Waals surface area contributed by atoms with Gasteiger partial charge in [-0.2, -0.15) is 5.10 Å². The highest BCUT2D eigenvalue weighted by Gasteiger charge is 2.32. The van der Waals surface area contributed by atoms with Crippen LogP contribution in [0, 0.1) is 0 Å². The van der Waals surface area contributed by atoms with Gasteiger partial charge in [0.2, 0.25) is 0 Å². The number of hydrogen-bond acceptors (Lipinski definition) is 4. The van der Waals surface area contributed by atoms with Gasteiger partial charge in [0.1, 0.15) is 0 Å². The van der Waals surface area contributed by atoms with Gasteiger partial charge >= 0.3 is 6.03 Å². The molecule has 176 valence electrons. The molecule has 2 aliphatic heterocycles. The van der Waals surface area contributed by atoms with Crippen LogP contribution >= 0.6 is 0 Å². The summed E-state index contributed by atoms with van der Waals surface area (Å²) < 4.78 is 0. The normalized spacial score (nSPS) is 19.4. The molecular formula is C28H28N6O. The molecule has 0 aliphatic carbocycles. The van der Waals surface area contributed by atoms with Crippen molar-refractivity contribution in [3.05, 3.63) is 95.9 Å². The molecule has 6 rings (SSSR count). The van der Waals surface area contributed by atoms with Gasteiger partial charge in [-0.05, 0) is 28.8 Å². The smallest absolute Gasteiger partial charge is 0.317 e. The number of pyridine rings is 1. The van der Waals surface area contributed by atoms with Gasteiger partial charge < -0.3 is 15.5 Å². The topological polar surface area (TPSA) is 85.9 Å². The largest absolute Gasteiger partial charge is 0.333 e. The van der Waals surface area contributed by atoms with Gasteiger partial charge in [-0.3, -0.25) is 10.1 Å². The molecule has 0 bridgehead atoms. The van der Waals surface area contributed by atoms with Crippen molar-refractivity contribution in [3.8, 4) is 22.4 Å². The van der Waals surface area contributed by atoms with Crippen LogP contribution in [0.5, 0.6) is 0 Å². The zero-order valence-electron chi connectivity index (χ0n) is 19.4. The van der Waals surface area contributed by atoms with Gasteiger partial charge in [0.05, 0.1) is 18.3 Å². The van der Waals surface area contributed by atoms with Gasteiger partial charge in [-0.15, -0.1) is 0 Å². The number of rotatable bonds is 4. The predicted octanol–water partition coefficient (Wildman–Crippen LogP) is 3.96. The van der Waals surface area contributed by atoms with Crippen molar-refractivity contribution < 1.29 is 4.79 Å². The number of H-pyrrole nitrogens is 1. The summed E-state index contributed by atoms with van der Waals surface area (Å²) in [6.07, 6.45) is 4.31. The van der Waals surface area contributed by atoms with Crippen LogP contribution in [0.1, 0.15) is 22.7 Å². The predicted molar refractivity (Wildman–Crippen MR) is 136 cm³/mol. The molecule has 2 amide bonds. The Labute approximate surface area is 204 Å². The summed E-state index contributed by atoms with van der Waals surface area (Å²) in [6, 6.07) is 23.0. The minimum Gasteiger partial charge on any atom is -0.333 e. The lowest BCUT2D eigenvalue weighted by atomic mass is 9.91. The van der Waals surface area contributed by atoms with E-state index in [2.05, 4.69) is 74.3 Å². The highest BCUT2D eigenvalue weighted by Crippen LogP contribution is 2.30. The average molecular weight is 465 g/mol. The van der Waals surface area contributed by atoms with E-state index in [1.54, 1.807) is 12.4 Å². The Morgan fingerprint density at radius 1 is 0.943 bits per heavy atom. The van der Waals surface area contributed by atoms with E-state index in [1.807, 2.05) is 23.1 Å². The molecule has 7 heteroatoms. The van der Waals surface area contributed by atoms with Crippen LogP contribution in [0.2, 0.25) is 0 Å². The first-order chi connectivity index (χ1) is 17.3. The van der Waals surface area contributed by atoms with Crippen LogP contribution in [0.3, 0.4) is 0 Å². The summed E-state index contributed by atoms with van der Waals surface area (Å²) in [4.78, 5) is 19.4. The van der Waals surface area contributed by atoms with Gasteiger partial charge in [0.25, 0.3) is 0 Å². The van der Waals surface area contributed by atoms with E-state index >= 15 is 0 Å². The molecule has 2 unspecified atom stereocenters. The van der Waals surface area contributed by atoms with E-state index in [0.717, 1.165) is 42.0 Å². The number of fused-ring (bicyclic) bond motifs is 1. The van der Waals surface area contributed by atoms with Gasteiger partial charge in [0, 0.05) is 61.2 Å². The molecule has 2 aromatic carbocycles. The SMILES string of the molecule is O=C(NC1CNCC1c1cccc(-c2ccccc2)c1)N1CCc2[nH]nc(-c3ccncc3)c2C1. The summed E-state index contributed by atoms with van der Waals surface area (Å²) in [7, 11) is 0. The highest BCUT2D eigenvalue weighted by molar-refractivity contribution is 5.76. The number of amides is 2. The van der Waals surface area contributed by atoms with Crippen LogP contribution in [-0.4, -0.2) is 51.8 Å².